The smallest absolute Gasteiger partial charge is 0.220 e. The fraction of sp³-hybridized carbons (Fsp3) is 0.350. The second-order valence-electron chi connectivity index (χ2n) is 5.70. The van der Waals surface area contributed by atoms with E-state index in [-0.39, 0.29) is 11.9 Å². The lowest BCUT2D eigenvalue weighted by Gasteiger charge is -2.17. The molecule has 122 valence electrons. The molecule has 0 radical (unpaired) electrons. The third-order valence-corrected chi connectivity index (χ3v) is 3.78. The van der Waals surface area contributed by atoms with Crippen molar-refractivity contribution in [2.75, 3.05) is 6.61 Å². The van der Waals surface area contributed by atoms with Crippen LogP contribution in [-0.2, 0) is 4.79 Å². The third kappa shape index (κ3) is 5.78. The number of carbonyl (C=O) groups is 1. The highest BCUT2D eigenvalue weighted by Gasteiger charge is 2.12. The summed E-state index contributed by atoms with van der Waals surface area (Å²) < 4.78 is 5.61. The van der Waals surface area contributed by atoms with Crippen LogP contribution in [0.25, 0.3) is 0 Å². The maximum absolute atomic E-state index is 12.1. The topological polar surface area (TPSA) is 38.3 Å². The maximum Gasteiger partial charge on any atom is 0.220 e. The van der Waals surface area contributed by atoms with Gasteiger partial charge >= 0.3 is 0 Å². The van der Waals surface area contributed by atoms with E-state index in [4.69, 9.17) is 4.74 Å². The molecule has 23 heavy (non-hydrogen) atoms. The quantitative estimate of drug-likeness (QED) is 0.733. The van der Waals surface area contributed by atoms with Gasteiger partial charge in [0.25, 0.3) is 0 Å². The molecular weight excluding hydrogens is 286 g/mol. The van der Waals surface area contributed by atoms with Crippen LogP contribution >= 0.6 is 0 Å². The molecule has 2 rings (SSSR count). The summed E-state index contributed by atoms with van der Waals surface area (Å²) in [6.07, 6.45) is 2.08. The van der Waals surface area contributed by atoms with Gasteiger partial charge in [-0.3, -0.25) is 4.79 Å². The fourth-order valence-electron chi connectivity index (χ4n) is 2.43. The molecule has 0 fully saturated rings. The molecule has 0 aliphatic rings. The normalized spacial score (nSPS) is 11.7. The number of benzene rings is 2. The van der Waals surface area contributed by atoms with Crippen molar-refractivity contribution < 1.29 is 9.53 Å². The summed E-state index contributed by atoms with van der Waals surface area (Å²) >= 11 is 0. The van der Waals surface area contributed by atoms with Gasteiger partial charge in [-0.05, 0) is 37.5 Å². The first-order valence-corrected chi connectivity index (χ1v) is 8.23. The molecule has 1 atom stereocenters. The van der Waals surface area contributed by atoms with Gasteiger partial charge in [-0.25, -0.2) is 0 Å². The Hall–Kier alpha value is -2.29. The van der Waals surface area contributed by atoms with E-state index < -0.39 is 0 Å². The lowest BCUT2D eigenvalue weighted by molar-refractivity contribution is -0.122. The van der Waals surface area contributed by atoms with E-state index >= 15 is 0 Å². The van der Waals surface area contributed by atoms with Crippen molar-refractivity contribution >= 4 is 5.91 Å². The van der Waals surface area contributed by atoms with Crippen molar-refractivity contribution in [3.05, 3.63) is 65.7 Å². The van der Waals surface area contributed by atoms with Crippen LogP contribution in [-0.4, -0.2) is 12.5 Å². The number of ether oxygens (including phenoxy) is 1. The van der Waals surface area contributed by atoms with Crippen LogP contribution in [0, 0.1) is 6.92 Å². The Bertz CT molecular complexity index is 593. The highest BCUT2D eigenvalue weighted by atomic mass is 16.5. The number of aryl methyl sites for hydroxylation is 1. The van der Waals surface area contributed by atoms with E-state index in [0.717, 1.165) is 17.7 Å². The Balaban J connectivity index is 1.73. The minimum absolute atomic E-state index is 0.0779. The van der Waals surface area contributed by atoms with Gasteiger partial charge in [-0.2, -0.15) is 0 Å². The monoisotopic (exact) mass is 311 g/mol. The lowest BCUT2D eigenvalue weighted by atomic mass is 10.0. The first-order valence-electron chi connectivity index (χ1n) is 8.23. The number of hydrogen-bond donors (Lipinski definition) is 1. The Labute approximate surface area is 138 Å². The number of hydrogen-bond acceptors (Lipinski definition) is 2. The Morgan fingerprint density at radius 1 is 1.09 bits per heavy atom. The van der Waals surface area contributed by atoms with E-state index in [1.807, 2.05) is 30.3 Å². The second-order valence-corrected chi connectivity index (χ2v) is 5.70. The first-order chi connectivity index (χ1) is 11.2. The van der Waals surface area contributed by atoms with Crippen molar-refractivity contribution in [1.29, 1.82) is 0 Å². The van der Waals surface area contributed by atoms with Crippen molar-refractivity contribution in [2.45, 2.75) is 39.2 Å². The highest BCUT2D eigenvalue weighted by Crippen LogP contribution is 2.17. The summed E-state index contributed by atoms with van der Waals surface area (Å²) in [5.74, 6) is 0.924. The molecule has 3 heteroatoms. The van der Waals surface area contributed by atoms with Crippen LogP contribution in [0.15, 0.2) is 54.6 Å². The summed E-state index contributed by atoms with van der Waals surface area (Å²) in [6, 6.07) is 18.1. The average Bonchev–Trinajstić information content (AvgIpc) is 2.58. The largest absolute Gasteiger partial charge is 0.494 e. The summed E-state index contributed by atoms with van der Waals surface area (Å²) in [4.78, 5) is 12.1. The summed E-state index contributed by atoms with van der Waals surface area (Å²) in [5.41, 5.74) is 2.39. The van der Waals surface area contributed by atoms with Gasteiger partial charge in [-0.15, -0.1) is 0 Å². The molecule has 0 bridgehead atoms. The zero-order chi connectivity index (χ0) is 16.5. The molecule has 1 N–H and O–H groups in total. The Kier molecular flexibility index (Phi) is 6.67. The van der Waals surface area contributed by atoms with E-state index in [9.17, 15) is 4.79 Å². The molecule has 2 aromatic rings. The molecule has 0 aliphatic heterocycles. The number of para-hydroxylation sites is 1. The molecule has 0 aliphatic carbocycles. The number of carbonyl (C=O) groups excluding carboxylic acids is 1. The van der Waals surface area contributed by atoms with Gasteiger partial charge in [-0.1, -0.05) is 55.0 Å². The summed E-state index contributed by atoms with van der Waals surface area (Å²) in [5, 5.41) is 3.11. The minimum Gasteiger partial charge on any atom is -0.494 e. The molecule has 3 nitrogen and oxygen atoms in total. The van der Waals surface area contributed by atoms with Crippen LogP contribution < -0.4 is 10.1 Å². The van der Waals surface area contributed by atoms with Crippen LogP contribution in [0.2, 0.25) is 0 Å². The predicted molar refractivity (Wildman–Crippen MR) is 93.5 cm³/mol. The summed E-state index contributed by atoms with van der Waals surface area (Å²) in [7, 11) is 0. The van der Waals surface area contributed by atoms with Gasteiger partial charge < -0.3 is 10.1 Å². The first kappa shape index (κ1) is 17.1. The van der Waals surface area contributed by atoms with E-state index in [0.29, 0.717) is 19.4 Å². The highest BCUT2D eigenvalue weighted by molar-refractivity contribution is 5.76. The van der Waals surface area contributed by atoms with Gasteiger partial charge in [0.05, 0.1) is 12.6 Å². The molecule has 0 spiro atoms. The maximum atomic E-state index is 12.1. The zero-order valence-corrected chi connectivity index (χ0v) is 13.9. The van der Waals surface area contributed by atoms with Crippen LogP contribution in [0.5, 0.6) is 5.75 Å². The molecule has 0 unspecified atom stereocenters. The van der Waals surface area contributed by atoms with Crippen molar-refractivity contribution in [3.63, 3.8) is 0 Å². The molecule has 0 aromatic heterocycles. The van der Waals surface area contributed by atoms with Crippen LogP contribution in [0.1, 0.15) is 43.4 Å². The van der Waals surface area contributed by atoms with Gasteiger partial charge in [0, 0.05) is 6.42 Å². The Morgan fingerprint density at radius 3 is 2.43 bits per heavy atom. The van der Waals surface area contributed by atoms with Crippen molar-refractivity contribution in [2.24, 2.45) is 0 Å². The summed E-state index contributed by atoms with van der Waals surface area (Å²) in [6.45, 7) is 4.71. The standard InChI is InChI=1S/C20H25NO2/c1-3-19(17-13-11-16(2)12-14-17)21-20(22)10-7-15-23-18-8-5-4-6-9-18/h4-6,8-9,11-14,19H,3,7,10,15H2,1-2H3,(H,21,22)/t19-/m1/s1. The number of amides is 1. The van der Waals surface area contributed by atoms with E-state index in [2.05, 4.69) is 43.4 Å². The Morgan fingerprint density at radius 2 is 1.78 bits per heavy atom. The zero-order valence-electron chi connectivity index (χ0n) is 13.9. The number of rotatable bonds is 8. The molecule has 0 saturated heterocycles. The average molecular weight is 311 g/mol. The van der Waals surface area contributed by atoms with Gasteiger partial charge in [0.2, 0.25) is 5.91 Å². The molecule has 0 heterocycles. The molecular formula is C20H25NO2. The second kappa shape index (κ2) is 8.99. The molecule has 1 amide bonds. The van der Waals surface area contributed by atoms with Crippen molar-refractivity contribution in [3.8, 4) is 5.75 Å². The molecule has 0 saturated carbocycles. The van der Waals surface area contributed by atoms with Crippen LogP contribution in [0.4, 0.5) is 0 Å². The van der Waals surface area contributed by atoms with Crippen LogP contribution in [0.3, 0.4) is 0 Å². The van der Waals surface area contributed by atoms with Gasteiger partial charge in [0.1, 0.15) is 5.75 Å². The minimum atomic E-state index is 0.0779. The van der Waals surface area contributed by atoms with E-state index in [1.165, 1.54) is 5.56 Å². The van der Waals surface area contributed by atoms with Crippen molar-refractivity contribution in [1.82, 2.24) is 5.32 Å². The van der Waals surface area contributed by atoms with Gasteiger partial charge in [0.15, 0.2) is 0 Å². The van der Waals surface area contributed by atoms with E-state index in [1.54, 1.807) is 0 Å². The third-order valence-electron chi connectivity index (χ3n) is 3.78. The molecule has 2 aromatic carbocycles. The SMILES string of the molecule is CC[C@@H](NC(=O)CCCOc1ccccc1)c1ccc(C)cc1. The fourth-order valence-corrected chi connectivity index (χ4v) is 2.43. The predicted octanol–water partition coefficient (Wildman–Crippen LogP) is 4.42. The lowest BCUT2D eigenvalue weighted by Crippen LogP contribution is -2.28. The number of nitrogens with one attached hydrogen (secondary N) is 1.